The lowest BCUT2D eigenvalue weighted by atomic mass is 10.0. The molecule has 0 unspecified atom stereocenters. The zero-order valence-electron chi connectivity index (χ0n) is 15.4. The van der Waals surface area contributed by atoms with Crippen LogP contribution in [0.3, 0.4) is 0 Å². The number of fused-ring (bicyclic) bond motifs is 1. The molecule has 1 aromatic carbocycles. The van der Waals surface area contributed by atoms with E-state index in [4.69, 9.17) is 9.40 Å². The SMILES string of the molecule is O=C(NCCc1nc2c(s1)CCCC2)c1ccc(NC(=O)c2ccco2)cc1. The number of hydrogen-bond acceptors (Lipinski definition) is 5. The van der Waals surface area contributed by atoms with Crippen molar-refractivity contribution in [2.45, 2.75) is 32.1 Å². The molecule has 2 aromatic heterocycles. The Kier molecular flexibility index (Phi) is 5.53. The first kappa shape index (κ1) is 18.4. The fraction of sp³-hybridized carbons (Fsp3) is 0.286. The van der Waals surface area contributed by atoms with Gasteiger partial charge in [0.1, 0.15) is 0 Å². The van der Waals surface area contributed by atoms with Gasteiger partial charge in [0.05, 0.1) is 17.0 Å². The predicted molar refractivity (Wildman–Crippen MR) is 108 cm³/mol. The minimum atomic E-state index is -0.326. The van der Waals surface area contributed by atoms with Gasteiger partial charge < -0.3 is 15.1 Å². The van der Waals surface area contributed by atoms with Gasteiger partial charge in [0, 0.05) is 29.1 Å². The van der Waals surface area contributed by atoms with E-state index in [0.29, 0.717) is 17.8 Å². The molecule has 0 spiro atoms. The molecule has 144 valence electrons. The predicted octanol–water partition coefficient (Wildman–Crippen LogP) is 3.84. The molecule has 2 N–H and O–H groups in total. The molecule has 6 nitrogen and oxygen atoms in total. The minimum Gasteiger partial charge on any atom is -0.459 e. The molecule has 3 aromatic rings. The molecule has 0 fully saturated rings. The summed E-state index contributed by atoms with van der Waals surface area (Å²) in [6.45, 7) is 0.558. The number of nitrogens with one attached hydrogen (secondary N) is 2. The maximum absolute atomic E-state index is 12.3. The first-order valence-electron chi connectivity index (χ1n) is 9.39. The second-order valence-corrected chi connectivity index (χ2v) is 7.87. The first-order chi connectivity index (χ1) is 13.7. The Labute approximate surface area is 167 Å². The van der Waals surface area contributed by atoms with E-state index in [1.807, 2.05) is 0 Å². The molecule has 0 aliphatic heterocycles. The van der Waals surface area contributed by atoms with E-state index in [-0.39, 0.29) is 17.6 Å². The van der Waals surface area contributed by atoms with Gasteiger partial charge in [-0.2, -0.15) is 0 Å². The number of anilines is 1. The monoisotopic (exact) mass is 395 g/mol. The van der Waals surface area contributed by atoms with Gasteiger partial charge in [0.25, 0.3) is 11.8 Å². The number of thiazole rings is 1. The maximum Gasteiger partial charge on any atom is 0.291 e. The van der Waals surface area contributed by atoms with Crippen molar-refractivity contribution in [1.82, 2.24) is 10.3 Å². The Balaban J connectivity index is 1.27. The number of amides is 2. The van der Waals surface area contributed by atoms with Crippen molar-refractivity contribution in [3.8, 4) is 0 Å². The molecule has 4 rings (SSSR count). The van der Waals surface area contributed by atoms with Gasteiger partial charge in [-0.3, -0.25) is 9.59 Å². The average molecular weight is 395 g/mol. The number of benzene rings is 1. The summed E-state index contributed by atoms with van der Waals surface area (Å²) in [5.41, 5.74) is 2.41. The Morgan fingerprint density at radius 1 is 1.07 bits per heavy atom. The third-order valence-electron chi connectivity index (χ3n) is 4.66. The fourth-order valence-corrected chi connectivity index (χ4v) is 4.36. The van der Waals surface area contributed by atoms with E-state index in [2.05, 4.69) is 10.6 Å². The maximum atomic E-state index is 12.3. The van der Waals surface area contributed by atoms with Crippen LogP contribution in [-0.4, -0.2) is 23.3 Å². The molecular weight excluding hydrogens is 374 g/mol. The molecule has 0 bridgehead atoms. The largest absolute Gasteiger partial charge is 0.459 e. The lowest BCUT2D eigenvalue weighted by Crippen LogP contribution is -2.25. The number of carbonyl (C=O) groups excluding carboxylic acids is 2. The van der Waals surface area contributed by atoms with Crippen LogP contribution in [0.15, 0.2) is 47.1 Å². The number of carbonyl (C=O) groups is 2. The zero-order valence-corrected chi connectivity index (χ0v) is 16.2. The van der Waals surface area contributed by atoms with Crippen LogP contribution in [0.1, 0.15) is 49.3 Å². The third kappa shape index (κ3) is 4.31. The standard InChI is InChI=1S/C21H21N3O3S/c25-20(22-12-11-19-24-16-4-1-2-6-18(16)28-19)14-7-9-15(10-8-14)23-21(26)17-5-3-13-27-17/h3,5,7-10,13H,1-2,4,6,11-12H2,(H,22,25)(H,23,26). The van der Waals surface area contributed by atoms with E-state index in [1.54, 1.807) is 47.7 Å². The number of furan rings is 1. The molecule has 1 aliphatic rings. The van der Waals surface area contributed by atoms with Crippen LogP contribution in [0, 0.1) is 0 Å². The quantitative estimate of drug-likeness (QED) is 0.664. The number of aromatic nitrogens is 1. The zero-order chi connectivity index (χ0) is 19.3. The summed E-state index contributed by atoms with van der Waals surface area (Å²) in [4.78, 5) is 30.4. The Morgan fingerprint density at radius 2 is 1.89 bits per heavy atom. The van der Waals surface area contributed by atoms with E-state index in [1.165, 1.54) is 29.7 Å². The van der Waals surface area contributed by atoms with Crippen molar-refractivity contribution in [3.63, 3.8) is 0 Å². The summed E-state index contributed by atoms with van der Waals surface area (Å²) in [7, 11) is 0. The minimum absolute atomic E-state index is 0.134. The summed E-state index contributed by atoms with van der Waals surface area (Å²) in [6, 6.07) is 10.0. The molecule has 2 amide bonds. The number of hydrogen-bond donors (Lipinski definition) is 2. The first-order valence-corrected chi connectivity index (χ1v) is 10.2. The van der Waals surface area contributed by atoms with Gasteiger partial charge in [-0.15, -0.1) is 11.3 Å². The Bertz CT molecular complexity index is 938. The highest BCUT2D eigenvalue weighted by Crippen LogP contribution is 2.26. The van der Waals surface area contributed by atoms with Crippen molar-refractivity contribution in [1.29, 1.82) is 0 Å². The molecule has 2 heterocycles. The van der Waals surface area contributed by atoms with Crippen molar-refractivity contribution >= 4 is 28.8 Å². The Hall–Kier alpha value is -2.93. The van der Waals surface area contributed by atoms with Gasteiger partial charge in [0.2, 0.25) is 0 Å². The molecule has 1 aliphatic carbocycles. The summed E-state index contributed by atoms with van der Waals surface area (Å²) < 4.78 is 5.06. The molecule has 0 radical (unpaired) electrons. The van der Waals surface area contributed by atoms with E-state index < -0.39 is 0 Å². The summed E-state index contributed by atoms with van der Waals surface area (Å²) in [5.74, 6) is -0.218. The van der Waals surface area contributed by atoms with Crippen molar-refractivity contribution in [3.05, 3.63) is 69.6 Å². The van der Waals surface area contributed by atoms with Crippen LogP contribution in [0.4, 0.5) is 5.69 Å². The van der Waals surface area contributed by atoms with Crippen LogP contribution in [0.5, 0.6) is 0 Å². The van der Waals surface area contributed by atoms with Crippen LogP contribution < -0.4 is 10.6 Å². The fourth-order valence-electron chi connectivity index (χ4n) is 3.20. The number of rotatable bonds is 6. The van der Waals surface area contributed by atoms with Crippen molar-refractivity contribution in [2.75, 3.05) is 11.9 Å². The van der Waals surface area contributed by atoms with Crippen LogP contribution in [0.2, 0.25) is 0 Å². The molecule has 28 heavy (non-hydrogen) atoms. The molecule has 7 heteroatoms. The van der Waals surface area contributed by atoms with Gasteiger partial charge in [-0.1, -0.05) is 0 Å². The van der Waals surface area contributed by atoms with Crippen LogP contribution in [-0.2, 0) is 19.3 Å². The van der Waals surface area contributed by atoms with Gasteiger partial charge in [-0.25, -0.2) is 4.98 Å². The second kappa shape index (κ2) is 8.39. The normalized spacial score (nSPS) is 13.0. The smallest absolute Gasteiger partial charge is 0.291 e. The average Bonchev–Trinajstić information content (AvgIpc) is 3.38. The number of nitrogens with zero attached hydrogens (tertiary/aromatic N) is 1. The summed E-state index contributed by atoms with van der Waals surface area (Å²) in [5, 5.41) is 6.76. The van der Waals surface area contributed by atoms with Crippen LogP contribution in [0.25, 0.3) is 0 Å². The van der Waals surface area contributed by atoms with Crippen molar-refractivity contribution < 1.29 is 14.0 Å². The van der Waals surface area contributed by atoms with E-state index >= 15 is 0 Å². The molecule has 0 atom stereocenters. The third-order valence-corrected chi connectivity index (χ3v) is 5.88. The van der Waals surface area contributed by atoms with E-state index in [9.17, 15) is 9.59 Å². The lowest BCUT2D eigenvalue weighted by Gasteiger charge is -2.06. The van der Waals surface area contributed by atoms with Gasteiger partial charge in [-0.05, 0) is 62.1 Å². The summed E-state index contributed by atoms with van der Waals surface area (Å²) in [6.07, 6.45) is 6.90. The molecular formula is C21H21N3O3S. The summed E-state index contributed by atoms with van der Waals surface area (Å²) >= 11 is 1.78. The molecule has 0 saturated carbocycles. The lowest BCUT2D eigenvalue weighted by molar-refractivity contribution is 0.0953. The molecule has 0 saturated heterocycles. The highest BCUT2D eigenvalue weighted by atomic mass is 32.1. The van der Waals surface area contributed by atoms with Gasteiger partial charge >= 0.3 is 0 Å². The Morgan fingerprint density at radius 3 is 2.64 bits per heavy atom. The van der Waals surface area contributed by atoms with Crippen LogP contribution >= 0.6 is 11.3 Å². The number of aryl methyl sites for hydroxylation is 2. The highest BCUT2D eigenvalue weighted by molar-refractivity contribution is 7.11. The van der Waals surface area contributed by atoms with Crippen molar-refractivity contribution in [2.24, 2.45) is 0 Å². The topological polar surface area (TPSA) is 84.2 Å². The second-order valence-electron chi connectivity index (χ2n) is 6.70. The van der Waals surface area contributed by atoms with Gasteiger partial charge in [0.15, 0.2) is 5.76 Å². The highest BCUT2D eigenvalue weighted by Gasteiger charge is 2.15. The van der Waals surface area contributed by atoms with E-state index in [0.717, 1.165) is 24.3 Å².